The molecule has 1 rings (SSSR count). The molecule has 3 nitrogen and oxygen atoms in total. The average molecular weight is 269 g/mol. The maximum atomic E-state index is 12.2. The molecule has 100 valence electrons. The van der Waals surface area contributed by atoms with Gasteiger partial charge in [0.1, 0.15) is 0 Å². The van der Waals surface area contributed by atoms with Crippen molar-refractivity contribution in [2.75, 3.05) is 6.54 Å². The number of halogens is 1. The third-order valence-electron chi connectivity index (χ3n) is 3.05. The van der Waals surface area contributed by atoms with Gasteiger partial charge in [0.2, 0.25) is 5.91 Å². The van der Waals surface area contributed by atoms with Gasteiger partial charge >= 0.3 is 0 Å². The fourth-order valence-electron chi connectivity index (χ4n) is 1.76. The van der Waals surface area contributed by atoms with E-state index in [1.807, 2.05) is 26.0 Å². The van der Waals surface area contributed by atoms with Crippen LogP contribution < -0.4 is 11.1 Å². The van der Waals surface area contributed by atoms with Crippen molar-refractivity contribution < 1.29 is 4.79 Å². The number of nitrogens with one attached hydrogen (secondary N) is 1. The van der Waals surface area contributed by atoms with Crippen LogP contribution in [-0.4, -0.2) is 18.5 Å². The van der Waals surface area contributed by atoms with Crippen LogP contribution in [0.25, 0.3) is 0 Å². The van der Waals surface area contributed by atoms with Crippen LogP contribution in [0.15, 0.2) is 24.3 Å². The highest BCUT2D eigenvalue weighted by molar-refractivity contribution is 6.30. The van der Waals surface area contributed by atoms with Crippen LogP contribution in [0.2, 0.25) is 5.02 Å². The van der Waals surface area contributed by atoms with E-state index in [1.54, 1.807) is 12.1 Å². The number of hydrogen-bond acceptors (Lipinski definition) is 2. The fourth-order valence-corrected chi connectivity index (χ4v) is 1.88. The first-order valence-electron chi connectivity index (χ1n) is 6.34. The Bertz CT molecular complexity index is 378. The second-order valence-electron chi connectivity index (χ2n) is 4.50. The van der Waals surface area contributed by atoms with E-state index in [0.717, 1.165) is 12.0 Å². The summed E-state index contributed by atoms with van der Waals surface area (Å²) < 4.78 is 0. The molecule has 0 fully saturated rings. The summed E-state index contributed by atoms with van der Waals surface area (Å²) in [4.78, 5) is 12.2. The predicted molar refractivity (Wildman–Crippen MR) is 75.8 cm³/mol. The smallest absolute Gasteiger partial charge is 0.227 e. The number of rotatable bonds is 6. The minimum absolute atomic E-state index is 0.0390. The highest BCUT2D eigenvalue weighted by Gasteiger charge is 2.20. The van der Waals surface area contributed by atoms with E-state index >= 15 is 0 Å². The van der Waals surface area contributed by atoms with Gasteiger partial charge in [-0.25, -0.2) is 0 Å². The second kappa shape index (κ2) is 7.39. The van der Waals surface area contributed by atoms with Gasteiger partial charge in [0.05, 0.1) is 5.92 Å². The van der Waals surface area contributed by atoms with E-state index < -0.39 is 0 Å². The van der Waals surface area contributed by atoms with Crippen molar-refractivity contribution >= 4 is 17.5 Å². The van der Waals surface area contributed by atoms with E-state index in [2.05, 4.69) is 5.32 Å². The summed E-state index contributed by atoms with van der Waals surface area (Å²) in [6.45, 7) is 4.53. The van der Waals surface area contributed by atoms with E-state index in [0.29, 0.717) is 18.0 Å². The lowest BCUT2D eigenvalue weighted by atomic mass is 9.94. The van der Waals surface area contributed by atoms with Crippen molar-refractivity contribution in [3.63, 3.8) is 0 Å². The van der Waals surface area contributed by atoms with Gasteiger partial charge in [-0.2, -0.15) is 0 Å². The summed E-state index contributed by atoms with van der Waals surface area (Å²) in [6.07, 6.45) is 1.56. The Hall–Kier alpha value is -1.06. The van der Waals surface area contributed by atoms with Gasteiger partial charge in [0, 0.05) is 11.1 Å². The summed E-state index contributed by atoms with van der Waals surface area (Å²) in [5.41, 5.74) is 6.56. The van der Waals surface area contributed by atoms with Gasteiger partial charge in [0.15, 0.2) is 0 Å². The Balaban J connectivity index is 2.81. The Morgan fingerprint density at radius 2 is 2.00 bits per heavy atom. The highest BCUT2D eigenvalue weighted by atomic mass is 35.5. The molecule has 18 heavy (non-hydrogen) atoms. The molecule has 0 aliphatic carbocycles. The van der Waals surface area contributed by atoms with E-state index in [9.17, 15) is 4.79 Å². The van der Waals surface area contributed by atoms with Crippen LogP contribution in [0, 0.1) is 0 Å². The van der Waals surface area contributed by atoms with Gasteiger partial charge in [-0.3, -0.25) is 4.79 Å². The number of benzene rings is 1. The van der Waals surface area contributed by atoms with Crippen LogP contribution in [0.5, 0.6) is 0 Å². The molecule has 0 saturated heterocycles. The van der Waals surface area contributed by atoms with Gasteiger partial charge in [-0.05, 0) is 44.0 Å². The lowest BCUT2D eigenvalue weighted by Gasteiger charge is -2.19. The molecule has 0 aromatic heterocycles. The Kier molecular flexibility index (Phi) is 6.16. The van der Waals surface area contributed by atoms with Crippen molar-refractivity contribution in [1.82, 2.24) is 5.32 Å². The van der Waals surface area contributed by atoms with Crippen molar-refractivity contribution in [2.45, 2.75) is 38.6 Å². The molecule has 2 unspecified atom stereocenters. The minimum Gasteiger partial charge on any atom is -0.353 e. The molecule has 0 bridgehead atoms. The van der Waals surface area contributed by atoms with Gasteiger partial charge in [0.25, 0.3) is 0 Å². The third kappa shape index (κ3) is 4.31. The first-order chi connectivity index (χ1) is 8.58. The Labute approximate surface area is 114 Å². The number of nitrogens with two attached hydrogens (primary N) is 1. The molecule has 4 heteroatoms. The lowest BCUT2D eigenvalue weighted by Crippen LogP contribution is -2.36. The molecule has 3 N–H and O–H groups in total. The van der Waals surface area contributed by atoms with Crippen LogP contribution in [-0.2, 0) is 4.79 Å². The molecule has 2 atom stereocenters. The quantitative estimate of drug-likeness (QED) is 0.833. The summed E-state index contributed by atoms with van der Waals surface area (Å²) in [5, 5.41) is 3.67. The zero-order valence-corrected chi connectivity index (χ0v) is 11.7. The number of amides is 1. The van der Waals surface area contributed by atoms with Crippen LogP contribution in [0.4, 0.5) is 0 Å². The zero-order valence-electron chi connectivity index (χ0n) is 10.9. The minimum atomic E-state index is -0.193. The molecule has 0 radical (unpaired) electrons. The van der Waals surface area contributed by atoms with E-state index in [-0.39, 0.29) is 17.9 Å². The van der Waals surface area contributed by atoms with Gasteiger partial charge in [-0.1, -0.05) is 30.7 Å². The van der Waals surface area contributed by atoms with E-state index in [4.69, 9.17) is 17.3 Å². The number of carbonyl (C=O) groups excluding carboxylic acids is 1. The van der Waals surface area contributed by atoms with Crippen molar-refractivity contribution in [3.8, 4) is 0 Å². The van der Waals surface area contributed by atoms with Crippen molar-refractivity contribution in [1.29, 1.82) is 0 Å². The molecule has 0 aliphatic heterocycles. The first kappa shape index (κ1) is 15.0. The second-order valence-corrected chi connectivity index (χ2v) is 4.94. The number of hydrogen-bond donors (Lipinski definition) is 2. The molecule has 1 aromatic carbocycles. The highest BCUT2D eigenvalue weighted by Crippen LogP contribution is 2.21. The van der Waals surface area contributed by atoms with Gasteiger partial charge < -0.3 is 11.1 Å². The van der Waals surface area contributed by atoms with Crippen molar-refractivity contribution in [2.24, 2.45) is 5.73 Å². The molecule has 0 heterocycles. The summed E-state index contributed by atoms with van der Waals surface area (Å²) in [6, 6.07) is 7.57. The molecular weight excluding hydrogens is 248 g/mol. The summed E-state index contributed by atoms with van der Waals surface area (Å²) in [5.74, 6) is -0.154. The topological polar surface area (TPSA) is 55.1 Å². The maximum Gasteiger partial charge on any atom is 0.227 e. The predicted octanol–water partition coefficient (Wildman–Crippen LogP) is 2.69. The summed E-state index contributed by atoms with van der Waals surface area (Å²) in [7, 11) is 0. The third-order valence-corrected chi connectivity index (χ3v) is 3.30. The Morgan fingerprint density at radius 1 is 1.39 bits per heavy atom. The fraction of sp³-hybridized carbons (Fsp3) is 0.500. The number of carbonyl (C=O) groups is 1. The summed E-state index contributed by atoms with van der Waals surface area (Å²) >= 11 is 5.85. The molecule has 0 saturated carbocycles. The van der Waals surface area contributed by atoms with E-state index in [1.165, 1.54) is 0 Å². The normalized spacial score (nSPS) is 14.0. The molecule has 1 aromatic rings. The SMILES string of the molecule is CCC(C)NC(=O)C(CCN)c1ccc(Cl)cc1. The first-order valence-corrected chi connectivity index (χ1v) is 6.72. The molecule has 0 aliphatic rings. The maximum absolute atomic E-state index is 12.2. The monoisotopic (exact) mass is 268 g/mol. The standard InChI is InChI=1S/C14H21ClN2O/c1-3-10(2)17-14(18)13(8-9-16)11-4-6-12(15)7-5-11/h4-7,10,13H,3,8-9,16H2,1-2H3,(H,17,18). The molecular formula is C14H21ClN2O. The van der Waals surface area contributed by atoms with Gasteiger partial charge in [-0.15, -0.1) is 0 Å². The van der Waals surface area contributed by atoms with Crippen molar-refractivity contribution in [3.05, 3.63) is 34.9 Å². The average Bonchev–Trinajstić information content (AvgIpc) is 2.37. The zero-order chi connectivity index (χ0) is 13.5. The van der Waals surface area contributed by atoms with Crippen LogP contribution in [0.3, 0.4) is 0 Å². The van der Waals surface area contributed by atoms with Crippen LogP contribution in [0.1, 0.15) is 38.2 Å². The molecule has 0 spiro atoms. The largest absolute Gasteiger partial charge is 0.353 e. The van der Waals surface area contributed by atoms with Crippen LogP contribution >= 0.6 is 11.6 Å². The Morgan fingerprint density at radius 3 is 2.50 bits per heavy atom. The molecule has 1 amide bonds. The lowest BCUT2D eigenvalue weighted by molar-refractivity contribution is -0.123.